The number of sulfonamides is 1. The molecule has 9 nitrogen and oxygen atoms in total. The maximum Gasteiger partial charge on any atom is 0.242 e. The fourth-order valence-electron chi connectivity index (χ4n) is 3.48. The first-order chi connectivity index (χ1) is 17.2. The highest BCUT2D eigenvalue weighted by atomic mass is 35.5. The summed E-state index contributed by atoms with van der Waals surface area (Å²) < 4.78 is 48.5. The van der Waals surface area contributed by atoms with Crippen molar-refractivity contribution in [2.45, 2.75) is 29.1 Å². The van der Waals surface area contributed by atoms with E-state index in [9.17, 15) is 12.6 Å². The van der Waals surface area contributed by atoms with Crippen LogP contribution in [-0.2, 0) is 19.8 Å². The van der Waals surface area contributed by atoms with Gasteiger partial charge in [0.05, 0.1) is 26.5 Å². The largest absolute Gasteiger partial charge is 0.369 e. The first-order valence-electron chi connectivity index (χ1n) is 11.2. The number of benzene rings is 2. The van der Waals surface area contributed by atoms with E-state index in [4.69, 9.17) is 16.4 Å². The third kappa shape index (κ3) is 6.53. The highest BCUT2D eigenvalue weighted by molar-refractivity contribution is 7.92. The summed E-state index contributed by atoms with van der Waals surface area (Å²) in [5.41, 5.74) is 1.21. The first kappa shape index (κ1) is 25.9. The molecule has 0 aliphatic carbocycles. The molecule has 3 aromatic rings. The van der Waals surface area contributed by atoms with Crippen molar-refractivity contribution in [3.8, 4) is 11.8 Å². The normalized spacial score (nSPS) is 17.7. The predicted octanol–water partition coefficient (Wildman–Crippen LogP) is 4.21. The van der Waals surface area contributed by atoms with Crippen LogP contribution in [0.15, 0.2) is 64.5 Å². The number of halogens is 1. The van der Waals surface area contributed by atoms with Gasteiger partial charge in [-0.1, -0.05) is 41.6 Å². The second-order valence-electron chi connectivity index (χ2n) is 8.00. The molecular weight excluding hydrogens is 520 g/mol. The summed E-state index contributed by atoms with van der Waals surface area (Å²) in [4.78, 5) is 9.37. The Morgan fingerprint density at radius 1 is 1.17 bits per heavy atom. The topological polar surface area (TPSA) is 137 Å². The van der Waals surface area contributed by atoms with E-state index in [2.05, 4.69) is 37.2 Å². The van der Waals surface area contributed by atoms with Crippen LogP contribution in [0.3, 0.4) is 0 Å². The third-order valence-electron chi connectivity index (χ3n) is 5.30. The van der Waals surface area contributed by atoms with Gasteiger partial charge in [0, 0.05) is 35.8 Å². The molecular formula is C24H25ClN6O3S2. The zero-order valence-electron chi connectivity index (χ0n) is 19.3. The van der Waals surface area contributed by atoms with E-state index in [0.717, 1.165) is 0 Å². The molecule has 2 heterocycles. The lowest BCUT2D eigenvalue weighted by molar-refractivity contribution is 0.582. The van der Waals surface area contributed by atoms with Gasteiger partial charge in [0.2, 0.25) is 16.0 Å². The molecule has 0 spiro atoms. The number of nitrogens with one attached hydrogen (secondary N) is 4. The zero-order valence-corrected chi connectivity index (χ0v) is 21.6. The minimum Gasteiger partial charge on any atom is -0.369 e. The van der Waals surface area contributed by atoms with Crippen molar-refractivity contribution in [3.63, 3.8) is 0 Å². The number of hydrogen-bond donors (Lipinski definition) is 4. The van der Waals surface area contributed by atoms with Crippen molar-refractivity contribution in [2.24, 2.45) is 0 Å². The molecule has 0 saturated carbocycles. The number of hydrogen-bond acceptors (Lipinski definition) is 8. The van der Waals surface area contributed by atoms with Crippen LogP contribution in [0.25, 0.3) is 0 Å². The average molecular weight is 545 g/mol. The maximum atomic E-state index is 12.8. The zero-order chi connectivity index (χ0) is 25.6. The van der Waals surface area contributed by atoms with Crippen molar-refractivity contribution in [1.82, 2.24) is 14.7 Å². The van der Waals surface area contributed by atoms with E-state index >= 15 is 0 Å². The van der Waals surface area contributed by atoms with Gasteiger partial charge in [-0.25, -0.2) is 27.1 Å². The highest BCUT2D eigenvalue weighted by Crippen LogP contribution is 2.23. The number of aromatic nitrogens is 2. The summed E-state index contributed by atoms with van der Waals surface area (Å²) in [6, 6.07) is 13.2. The molecule has 1 aromatic heterocycles. The molecule has 188 valence electrons. The number of rotatable bonds is 4. The van der Waals surface area contributed by atoms with Gasteiger partial charge in [-0.15, -0.1) is 0 Å². The van der Waals surface area contributed by atoms with Crippen LogP contribution in [0.4, 0.5) is 17.5 Å². The molecule has 12 heteroatoms. The molecule has 4 N–H and O–H groups in total. The van der Waals surface area contributed by atoms with E-state index in [-0.39, 0.29) is 28.6 Å². The van der Waals surface area contributed by atoms with Crippen LogP contribution in [0.1, 0.15) is 24.8 Å². The van der Waals surface area contributed by atoms with E-state index in [1.54, 1.807) is 42.6 Å². The smallest absolute Gasteiger partial charge is 0.242 e. The predicted molar refractivity (Wildman–Crippen MR) is 142 cm³/mol. The number of fused-ring (bicyclic) bond motifs is 4. The van der Waals surface area contributed by atoms with Crippen molar-refractivity contribution >= 4 is 48.8 Å². The Kier molecular flexibility index (Phi) is 8.11. The molecule has 1 unspecified atom stereocenters. The molecule has 4 bridgehead atoms. The van der Waals surface area contributed by atoms with Crippen molar-refractivity contribution in [1.29, 1.82) is 4.78 Å². The van der Waals surface area contributed by atoms with Crippen LogP contribution < -0.4 is 15.4 Å². The van der Waals surface area contributed by atoms with E-state index < -0.39 is 19.8 Å². The molecule has 36 heavy (non-hydrogen) atoms. The lowest BCUT2D eigenvalue weighted by Gasteiger charge is -2.10. The van der Waals surface area contributed by atoms with Crippen molar-refractivity contribution in [2.75, 3.05) is 29.5 Å². The van der Waals surface area contributed by atoms with Gasteiger partial charge in [-0.2, -0.15) is 4.98 Å². The Morgan fingerprint density at radius 3 is 2.83 bits per heavy atom. The summed E-state index contributed by atoms with van der Waals surface area (Å²) in [5.74, 6) is 7.11. The highest BCUT2D eigenvalue weighted by Gasteiger charge is 2.16. The Hall–Kier alpha value is -3.17. The second-order valence-corrected chi connectivity index (χ2v) is 12.4. The third-order valence-corrected chi connectivity index (χ3v) is 9.14. The summed E-state index contributed by atoms with van der Waals surface area (Å²) in [6.07, 6.45) is 3.19. The summed E-state index contributed by atoms with van der Waals surface area (Å²) in [6.45, 7) is 0.683. The summed E-state index contributed by atoms with van der Waals surface area (Å²) >= 11 is 5.99. The Morgan fingerprint density at radius 2 is 2.00 bits per heavy atom. The quantitative estimate of drug-likeness (QED) is 0.285. The first-order valence-corrected chi connectivity index (χ1v) is 14.8. The van der Waals surface area contributed by atoms with Crippen LogP contribution in [0.2, 0.25) is 5.02 Å². The standard InChI is InChI=1S/C24H25ClN6O3S2/c25-21-11-1-2-12-22(21)36(33,34)29-14-4-3-8-18-17-28-24-30-19-9-7-10-20(16-19)35(26,32)15-6-5-13-27-23(18)31-24/h1-2,7,9-12,16-17,26,29H,4-6,13-15H2,(H2,27,28,30,31). The van der Waals surface area contributed by atoms with Crippen molar-refractivity contribution in [3.05, 3.63) is 65.3 Å². The molecule has 2 aromatic carbocycles. The summed E-state index contributed by atoms with van der Waals surface area (Å²) in [5, 5.41) is 6.50. The van der Waals surface area contributed by atoms with E-state index in [0.29, 0.717) is 47.3 Å². The monoisotopic (exact) mass is 544 g/mol. The van der Waals surface area contributed by atoms with Gasteiger partial charge < -0.3 is 10.6 Å². The second kappa shape index (κ2) is 11.3. The number of nitrogens with zero attached hydrogens (tertiary/aromatic N) is 2. The van der Waals surface area contributed by atoms with Gasteiger partial charge in [-0.3, -0.25) is 0 Å². The molecule has 1 atom stereocenters. The van der Waals surface area contributed by atoms with Gasteiger partial charge in [-0.05, 0) is 43.2 Å². The minimum atomic E-state index is -3.73. The molecule has 1 aliphatic heterocycles. The van der Waals surface area contributed by atoms with Gasteiger partial charge in [0.25, 0.3) is 0 Å². The minimum absolute atomic E-state index is 0.0262. The van der Waals surface area contributed by atoms with Gasteiger partial charge in [0.1, 0.15) is 10.7 Å². The van der Waals surface area contributed by atoms with Crippen LogP contribution in [-0.4, -0.2) is 41.4 Å². The molecule has 1 aliphatic rings. The van der Waals surface area contributed by atoms with E-state index in [1.807, 2.05) is 0 Å². The van der Waals surface area contributed by atoms with Crippen LogP contribution >= 0.6 is 11.6 Å². The molecule has 0 saturated heterocycles. The SMILES string of the molecule is N=S1(=O)CCCCNc2nc(ncc2C#CCCNS(=O)(=O)c2ccccc2Cl)Nc2cccc1c2. The average Bonchev–Trinajstić information content (AvgIpc) is 2.85. The number of anilines is 3. The molecule has 0 amide bonds. The molecule has 0 fully saturated rings. The molecule has 4 rings (SSSR count). The molecule has 0 radical (unpaired) electrons. The summed E-state index contributed by atoms with van der Waals surface area (Å²) in [7, 11) is -6.61. The van der Waals surface area contributed by atoms with E-state index in [1.165, 1.54) is 12.1 Å². The Labute approximate surface area is 216 Å². The lowest BCUT2D eigenvalue weighted by Crippen LogP contribution is -2.24. The Bertz CT molecular complexity index is 1530. The van der Waals surface area contributed by atoms with Gasteiger partial charge in [0.15, 0.2) is 0 Å². The fourth-order valence-corrected chi connectivity index (χ4v) is 6.49. The van der Waals surface area contributed by atoms with Gasteiger partial charge >= 0.3 is 0 Å². The maximum absolute atomic E-state index is 12.8. The lowest BCUT2D eigenvalue weighted by atomic mass is 10.2. The Balaban J connectivity index is 1.47. The van der Waals surface area contributed by atoms with Crippen LogP contribution in [0, 0.1) is 16.6 Å². The fraction of sp³-hybridized carbons (Fsp3) is 0.250. The van der Waals surface area contributed by atoms with Crippen molar-refractivity contribution < 1.29 is 12.6 Å². The van der Waals surface area contributed by atoms with Crippen LogP contribution in [0.5, 0.6) is 0 Å².